The number of halogens is 2. The third kappa shape index (κ3) is 2.60. The number of amides is 1. The zero-order valence-corrected chi connectivity index (χ0v) is 14.2. The van der Waals surface area contributed by atoms with Crippen LogP contribution in [0.1, 0.15) is 44.9 Å². The molecule has 0 radical (unpaired) electrons. The molecule has 1 N–H and O–H groups in total. The van der Waals surface area contributed by atoms with Crippen molar-refractivity contribution in [1.29, 1.82) is 0 Å². The van der Waals surface area contributed by atoms with E-state index in [1.807, 2.05) is 0 Å². The van der Waals surface area contributed by atoms with Gasteiger partial charge in [0.1, 0.15) is 5.82 Å². The predicted octanol–water partition coefficient (Wildman–Crippen LogP) is 4.89. The Balaban J connectivity index is 1.49. The summed E-state index contributed by atoms with van der Waals surface area (Å²) in [6.07, 6.45) is 7.83. The maximum atomic E-state index is 13.7. The molecule has 1 aromatic carbocycles. The van der Waals surface area contributed by atoms with Gasteiger partial charge in [-0.05, 0) is 67.9 Å². The first kappa shape index (κ1) is 14.7. The van der Waals surface area contributed by atoms with Gasteiger partial charge in [-0.1, -0.05) is 28.1 Å². The van der Waals surface area contributed by atoms with E-state index in [0.717, 1.165) is 18.3 Å². The average Bonchev–Trinajstić information content (AvgIpc) is 2.37. The van der Waals surface area contributed by atoms with E-state index in [-0.39, 0.29) is 21.5 Å². The van der Waals surface area contributed by atoms with Crippen molar-refractivity contribution in [3.63, 3.8) is 0 Å². The number of nitrogens with one attached hydrogen (secondary N) is 1. The predicted molar refractivity (Wildman–Crippen MR) is 88.4 cm³/mol. The summed E-state index contributed by atoms with van der Waals surface area (Å²) in [6.45, 7) is 0. The maximum absolute atomic E-state index is 13.7. The van der Waals surface area contributed by atoms with Crippen molar-refractivity contribution >= 4 is 27.5 Å². The number of rotatable bonds is 3. The Hall–Kier alpha value is -0.900. The Morgan fingerprint density at radius 3 is 2.55 bits per heavy atom. The van der Waals surface area contributed by atoms with E-state index in [0.29, 0.717) is 12.1 Å². The fourth-order valence-electron chi connectivity index (χ4n) is 5.64. The lowest BCUT2D eigenvalue weighted by Gasteiger charge is -2.60. The van der Waals surface area contributed by atoms with Crippen LogP contribution in [0.3, 0.4) is 0 Å². The highest BCUT2D eigenvalue weighted by Gasteiger charge is 2.57. The summed E-state index contributed by atoms with van der Waals surface area (Å²) in [7, 11) is 0. The van der Waals surface area contributed by atoms with Crippen molar-refractivity contribution < 1.29 is 9.18 Å². The molecule has 1 amide bonds. The number of anilines is 1. The van der Waals surface area contributed by atoms with Gasteiger partial charge in [-0.2, -0.15) is 0 Å². The van der Waals surface area contributed by atoms with Gasteiger partial charge in [-0.3, -0.25) is 4.79 Å². The van der Waals surface area contributed by atoms with E-state index in [9.17, 15) is 9.18 Å². The van der Waals surface area contributed by atoms with Crippen LogP contribution in [0.2, 0.25) is 0 Å². The van der Waals surface area contributed by atoms with Crippen LogP contribution < -0.4 is 5.32 Å². The Morgan fingerprint density at radius 2 is 1.91 bits per heavy atom. The van der Waals surface area contributed by atoms with E-state index in [2.05, 4.69) is 21.2 Å². The molecule has 22 heavy (non-hydrogen) atoms. The Labute approximate surface area is 139 Å². The minimum atomic E-state index is -0.363. The molecule has 0 aliphatic heterocycles. The Bertz CT molecular complexity index is 603. The van der Waals surface area contributed by atoms with Crippen LogP contribution in [0, 0.1) is 23.1 Å². The Kier molecular flexibility index (Phi) is 3.37. The van der Waals surface area contributed by atoms with Crippen molar-refractivity contribution in [1.82, 2.24) is 0 Å². The highest BCUT2D eigenvalue weighted by Crippen LogP contribution is 2.65. The van der Waals surface area contributed by atoms with Crippen LogP contribution in [0.15, 0.2) is 24.3 Å². The minimum Gasteiger partial charge on any atom is -0.324 e. The number of alkyl halides is 1. The molecular weight excluding hydrogens is 345 g/mol. The molecule has 2 atom stereocenters. The second kappa shape index (κ2) is 5.05. The molecule has 5 rings (SSSR count). The molecule has 0 spiro atoms. The largest absolute Gasteiger partial charge is 0.324 e. The quantitative estimate of drug-likeness (QED) is 0.759. The van der Waals surface area contributed by atoms with Gasteiger partial charge in [-0.25, -0.2) is 4.39 Å². The van der Waals surface area contributed by atoms with Crippen LogP contribution in [0.5, 0.6) is 0 Å². The molecule has 4 aliphatic rings. The fraction of sp³-hybridized carbons (Fsp3) is 0.611. The van der Waals surface area contributed by atoms with E-state index < -0.39 is 0 Å². The third-order valence-corrected chi connectivity index (χ3v) is 6.72. The van der Waals surface area contributed by atoms with E-state index in [1.165, 1.54) is 38.2 Å². The van der Waals surface area contributed by atoms with E-state index >= 15 is 0 Å². The molecule has 4 heteroatoms. The van der Waals surface area contributed by atoms with Crippen molar-refractivity contribution in [2.24, 2.45) is 17.3 Å². The second-order valence-corrected chi connectivity index (χ2v) is 9.50. The lowest BCUT2D eigenvalue weighted by atomic mass is 9.48. The molecule has 0 aromatic heterocycles. The second-order valence-electron chi connectivity index (χ2n) is 7.82. The normalized spacial score (nSPS) is 39.0. The van der Waals surface area contributed by atoms with Crippen LogP contribution in [-0.2, 0) is 4.79 Å². The highest BCUT2D eigenvalue weighted by atomic mass is 79.9. The summed E-state index contributed by atoms with van der Waals surface area (Å²) in [5.41, 5.74) is 0.425. The standard InChI is InChI=1S/C18H21BrFNO/c19-18-8-12-5-13(9-18)7-17(6-12,11-18)10-16(22)21-15-4-2-1-3-14(15)20/h1-4,12-13H,5-11H2,(H,21,22). The molecule has 4 saturated carbocycles. The van der Waals surface area contributed by atoms with Crippen molar-refractivity contribution in [3.05, 3.63) is 30.1 Å². The number of hydrogen-bond acceptors (Lipinski definition) is 1. The van der Waals surface area contributed by atoms with Gasteiger partial charge >= 0.3 is 0 Å². The lowest BCUT2D eigenvalue weighted by molar-refractivity contribution is -0.123. The molecule has 4 bridgehead atoms. The van der Waals surface area contributed by atoms with E-state index in [4.69, 9.17) is 0 Å². The van der Waals surface area contributed by atoms with Crippen LogP contribution >= 0.6 is 15.9 Å². The van der Waals surface area contributed by atoms with Gasteiger partial charge in [0.05, 0.1) is 5.69 Å². The Morgan fingerprint density at radius 1 is 1.23 bits per heavy atom. The smallest absolute Gasteiger partial charge is 0.225 e. The van der Waals surface area contributed by atoms with Gasteiger partial charge in [0, 0.05) is 10.7 Å². The first-order chi connectivity index (χ1) is 10.5. The van der Waals surface area contributed by atoms with Gasteiger partial charge in [0.25, 0.3) is 0 Å². The number of carbonyl (C=O) groups excluding carboxylic acids is 1. The summed E-state index contributed by atoms with van der Waals surface area (Å²) >= 11 is 3.97. The summed E-state index contributed by atoms with van der Waals surface area (Å²) < 4.78 is 13.9. The lowest BCUT2D eigenvalue weighted by Crippen LogP contribution is -2.53. The molecule has 0 saturated heterocycles. The van der Waals surface area contributed by atoms with Gasteiger partial charge in [0.15, 0.2) is 0 Å². The molecule has 118 valence electrons. The van der Waals surface area contributed by atoms with Crippen molar-refractivity contribution in [2.75, 3.05) is 5.32 Å². The number of benzene rings is 1. The van der Waals surface area contributed by atoms with Crippen LogP contribution in [0.4, 0.5) is 10.1 Å². The number of hydrogen-bond donors (Lipinski definition) is 1. The van der Waals surface area contributed by atoms with E-state index in [1.54, 1.807) is 18.2 Å². The zero-order valence-electron chi connectivity index (χ0n) is 12.6. The fourth-order valence-corrected chi connectivity index (χ4v) is 7.15. The molecule has 4 fully saturated rings. The van der Waals surface area contributed by atoms with Gasteiger partial charge in [-0.15, -0.1) is 0 Å². The molecule has 4 aliphatic carbocycles. The van der Waals surface area contributed by atoms with Crippen LogP contribution in [0.25, 0.3) is 0 Å². The molecule has 0 heterocycles. The number of para-hydroxylation sites is 1. The average molecular weight is 366 g/mol. The minimum absolute atomic E-state index is 0.0387. The first-order valence-corrected chi connectivity index (χ1v) is 8.98. The molecule has 2 unspecified atom stereocenters. The SMILES string of the molecule is O=C(CC12CC3CC(CC(Br)(C3)C1)C2)Nc1ccccc1F. The van der Waals surface area contributed by atoms with Crippen molar-refractivity contribution in [2.45, 2.75) is 49.3 Å². The van der Waals surface area contributed by atoms with Gasteiger partial charge in [0.2, 0.25) is 5.91 Å². The number of carbonyl (C=O) groups is 1. The summed E-state index contributed by atoms with van der Waals surface area (Å²) in [5, 5.41) is 2.77. The maximum Gasteiger partial charge on any atom is 0.225 e. The topological polar surface area (TPSA) is 29.1 Å². The molecular formula is C18H21BrFNO. The van der Waals surface area contributed by atoms with Crippen LogP contribution in [-0.4, -0.2) is 10.2 Å². The summed E-state index contributed by atoms with van der Waals surface area (Å²) in [4.78, 5) is 12.5. The monoisotopic (exact) mass is 365 g/mol. The third-order valence-electron chi connectivity index (χ3n) is 5.79. The molecule has 2 nitrogen and oxygen atoms in total. The van der Waals surface area contributed by atoms with Gasteiger partial charge < -0.3 is 5.32 Å². The van der Waals surface area contributed by atoms with Crippen molar-refractivity contribution in [3.8, 4) is 0 Å². The summed E-state index contributed by atoms with van der Waals surface area (Å²) in [5.74, 6) is 1.13. The first-order valence-electron chi connectivity index (χ1n) is 8.19. The highest BCUT2D eigenvalue weighted by molar-refractivity contribution is 9.10. The summed E-state index contributed by atoms with van der Waals surface area (Å²) in [6, 6.07) is 6.39. The molecule has 1 aromatic rings. The zero-order chi connectivity index (χ0) is 15.4.